The Morgan fingerprint density at radius 3 is 1.69 bits per heavy atom. The number of aromatic amines is 2. The van der Waals surface area contributed by atoms with E-state index in [0.717, 1.165) is 29.1 Å². The van der Waals surface area contributed by atoms with Gasteiger partial charge in [-0.05, 0) is 0 Å². The van der Waals surface area contributed by atoms with Crippen LogP contribution in [0.2, 0.25) is 0 Å². The molecule has 4 rings (SSSR count). The number of aliphatic hydroxyl groups excluding tert-OH is 5. The van der Waals surface area contributed by atoms with Crippen molar-refractivity contribution in [2.45, 2.75) is 48.6 Å². The van der Waals surface area contributed by atoms with Gasteiger partial charge in [-0.15, -0.1) is 0 Å². The number of aromatic nitrogens is 4. The van der Waals surface area contributed by atoms with Crippen molar-refractivity contribution in [3.63, 3.8) is 0 Å². The second-order valence-corrected chi connectivity index (χ2v) is 16.2. The van der Waals surface area contributed by atoms with Crippen LogP contribution >= 0.6 is 31.3 Å². The largest absolute Gasteiger partial charge is 0.481 e. The van der Waals surface area contributed by atoms with Crippen LogP contribution in [0.5, 0.6) is 0 Å². The number of hydrogen-bond acceptors (Lipinski definition) is 20. The van der Waals surface area contributed by atoms with Gasteiger partial charge in [-0.1, -0.05) is 0 Å². The molecule has 0 aromatic carbocycles. The Morgan fingerprint density at radius 2 is 1.22 bits per heavy atom. The van der Waals surface area contributed by atoms with Gasteiger partial charge in [0.05, 0.1) is 13.2 Å². The Bertz CT molecular complexity index is 2100. The van der Waals surface area contributed by atoms with E-state index in [4.69, 9.17) is 33.9 Å². The maximum Gasteiger partial charge on any atom is 0.481 e. The second-order valence-electron chi connectivity index (χ2n) is 10.6. The number of phosphoric ester groups is 2. The first-order valence-corrected chi connectivity index (χ1v) is 20.0. The van der Waals surface area contributed by atoms with Gasteiger partial charge in [-0.3, -0.25) is 42.5 Å². The van der Waals surface area contributed by atoms with Crippen LogP contribution < -0.4 is 22.5 Å². The summed E-state index contributed by atoms with van der Waals surface area (Å²) in [6.45, 7) is -3.34. The zero-order valence-electron chi connectivity index (χ0n) is 26.2. The number of rotatable bonds is 14. The number of phosphoric acid groups is 4. The van der Waals surface area contributed by atoms with E-state index in [-0.39, 0.29) is 0 Å². The van der Waals surface area contributed by atoms with E-state index in [1.54, 1.807) is 4.98 Å². The minimum atomic E-state index is -5.44. The van der Waals surface area contributed by atoms with Crippen molar-refractivity contribution in [2.75, 3.05) is 19.8 Å². The lowest BCUT2D eigenvalue weighted by Crippen LogP contribution is -2.57. The molecule has 34 heteroatoms. The summed E-state index contributed by atoms with van der Waals surface area (Å²) in [5, 5.41) is 49.5. The van der Waals surface area contributed by atoms with Crippen LogP contribution in [0.1, 0.15) is 6.23 Å². The Hall–Kier alpha value is -2.73. The topological polar surface area (TPSA) is 473 Å². The molecule has 54 heavy (non-hydrogen) atoms. The lowest BCUT2D eigenvalue weighted by Gasteiger charge is -2.31. The average molecular weight is 866 g/mol. The number of carbonyl (C=O) groups excluding carboxylic acids is 1. The van der Waals surface area contributed by atoms with Gasteiger partial charge < -0.3 is 64.4 Å². The third-order valence-electron chi connectivity index (χ3n) is 6.85. The zero-order chi connectivity index (χ0) is 41.2. The molecule has 2 unspecified atom stereocenters. The van der Waals surface area contributed by atoms with Gasteiger partial charge in [0.1, 0.15) is 43.2 Å². The van der Waals surface area contributed by atoms with Crippen LogP contribution in [0.3, 0.4) is 0 Å². The second kappa shape index (κ2) is 17.2. The zero-order valence-corrected chi connectivity index (χ0v) is 29.8. The summed E-state index contributed by atoms with van der Waals surface area (Å²) >= 11 is 0. The molecular formula is C20H30N4O26P4. The van der Waals surface area contributed by atoms with Crippen LogP contribution in [0, 0.1) is 0 Å². The summed E-state index contributed by atoms with van der Waals surface area (Å²) in [6.07, 6.45) is -10.6. The fourth-order valence-corrected chi connectivity index (χ4v) is 7.87. The van der Waals surface area contributed by atoms with Gasteiger partial charge in [0.2, 0.25) is 11.5 Å². The van der Waals surface area contributed by atoms with Crippen molar-refractivity contribution < 1.29 is 105 Å². The fraction of sp³-hybridized carbons (Fsp3) is 0.550. The molecule has 2 aromatic rings. The minimum Gasteiger partial charge on any atom is -0.388 e. The molecule has 30 nitrogen and oxygen atoms in total. The number of hydrogen-bond donors (Lipinski definition) is 13. The number of Topliss-reactive ketones (excluding diaryl/α,β-unsaturated/α-hetero) is 1. The van der Waals surface area contributed by atoms with Crippen LogP contribution in [-0.4, -0.2) is 136 Å². The van der Waals surface area contributed by atoms with Crippen LogP contribution in [0.4, 0.5) is 0 Å². The van der Waals surface area contributed by atoms with E-state index < -0.39 is 128 Å². The first-order chi connectivity index (χ1) is 24.6. The molecule has 0 spiro atoms. The summed E-state index contributed by atoms with van der Waals surface area (Å²) in [6, 6.07) is 1.74. The standard InChI is InChI=1S/C11H16N2O14P2.C9H14N2O12P2/c14-3-6(15)11(13-2-1-7(16)12-10(13)19)9(18)8(17)5(26-11)4-25-29(23,24)27-28(20,21)22;12-5-1-2-11(9(15)10-5)8-7(14)6(13)4(22-8)3-21-25(19,20)23-24(16,17)18/h1-2,5,8-9,14,17-18H,3-4H2,(H,23,24)(H,12,16,19)(H2,20,21,22);1-2,4,6-8,13-14H,3H2,(H,19,20)(H,10,12,15)(H2,16,17,18)/t5-,8-,9-,11-;4-,6-,7-,8-/m11/s1. The Labute approximate surface area is 296 Å². The van der Waals surface area contributed by atoms with Gasteiger partial charge in [0.15, 0.2) is 6.23 Å². The molecule has 2 saturated heterocycles. The van der Waals surface area contributed by atoms with E-state index in [0.29, 0.717) is 4.57 Å². The van der Waals surface area contributed by atoms with Crippen molar-refractivity contribution >= 4 is 37.1 Å². The highest BCUT2D eigenvalue weighted by atomic mass is 31.3. The maximum absolute atomic E-state index is 12.3. The maximum atomic E-state index is 12.3. The van der Waals surface area contributed by atoms with Gasteiger partial charge >= 0.3 is 42.7 Å². The molecule has 4 heterocycles. The van der Waals surface area contributed by atoms with Crippen molar-refractivity contribution in [3.8, 4) is 0 Å². The third-order valence-corrected chi connectivity index (χ3v) is 11.2. The van der Waals surface area contributed by atoms with E-state index in [1.807, 2.05) is 4.98 Å². The minimum absolute atomic E-state index is 0.380. The predicted octanol–water partition coefficient (Wildman–Crippen LogP) is -6.52. The van der Waals surface area contributed by atoms with E-state index in [9.17, 15) is 72.7 Å². The summed E-state index contributed by atoms with van der Waals surface area (Å²) < 4.78 is 71.2. The highest BCUT2D eigenvalue weighted by molar-refractivity contribution is 7.61. The number of nitrogens with zero attached hydrogens (tertiary/aromatic N) is 2. The van der Waals surface area contributed by atoms with Crippen molar-refractivity contribution in [1.82, 2.24) is 19.1 Å². The molecule has 0 amide bonds. The molecule has 306 valence electrons. The van der Waals surface area contributed by atoms with Crippen LogP contribution in [-0.2, 0) is 55.9 Å². The lowest BCUT2D eigenvalue weighted by molar-refractivity contribution is -0.178. The Balaban J connectivity index is 0.000000294. The number of H-pyrrole nitrogens is 2. The molecule has 0 saturated carbocycles. The normalized spacial score (nSPS) is 29.5. The number of ketones is 1. The molecule has 2 aliphatic rings. The molecule has 2 aromatic heterocycles. The summed E-state index contributed by atoms with van der Waals surface area (Å²) in [4.78, 5) is 114. The molecule has 0 aliphatic carbocycles. The van der Waals surface area contributed by atoms with Gasteiger partial charge in [-0.25, -0.2) is 27.8 Å². The summed E-state index contributed by atoms with van der Waals surface area (Å²) in [7, 11) is -21.3. The first-order valence-electron chi connectivity index (χ1n) is 13.9. The van der Waals surface area contributed by atoms with Crippen molar-refractivity contribution in [3.05, 3.63) is 66.2 Å². The van der Waals surface area contributed by atoms with Crippen molar-refractivity contribution in [2.24, 2.45) is 0 Å². The van der Waals surface area contributed by atoms with E-state index in [1.165, 1.54) is 0 Å². The smallest absolute Gasteiger partial charge is 0.388 e. The van der Waals surface area contributed by atoms with E-state index in [2.05, 4.69) is 17.7 Å². The molecule has 10 atom stereocenters. The van der Waals surface area contributed by atoms with Gasteiger partial charge in [0.25, 0.3) is 11.1 Å². The SMILES string of the molecule is O=C(CO)[C@@]1(n2ccc(=O)[nH]c2=O)O[C@H](COP(=O)(O)OP(=O)(O)O)[C@@H](O)[C@H]1O.O=c1ccn([C@@H]2O[C@H](COP(=O)(O)OP(=O)(O)O)[C@@H](O)[C@H]2O)c(=O)[nH]1. The fourth-order valence-electron chi connectivity index (χ4n) is 4.67. The van der Waals surface area contributed by atoms with E-state index >= 15 is 0 Å². The Kier molecular flexibility index (Phi) is 14.5. The molecule has 0 bridgehead atoms. The van der Waals surface area contributed by atoms with Gasteiger partial charge in [0, 0.05) is 24.5 Å². The first kappa shape index (κ1) is 45.7. The molecule has 0 radical (unpaired) electrons. The average Bonchev–Trinajstić information content (AvgIpc) is 3.44. The molecule has 2 aliphatic heterocycles. The third kappa shape index (κ3) is 11.4. The molecule has 13 N–H and O–H groups in total. The van der Waals surface area contributed by atoms with Gasteiger partial charge in [-0.2, -0.15) is 8.62 Å². The highest BCUT2D eigenvalue weighted by Crippen LogP contribution is 2.58. The Morgan fingerprint density at radius 1 is 0.741 bits per heavy atom. The number of nitrogens with one attached hydrogen (secondary N) is 2. The highest BCUT2D eigenvalue weighted by Gasteiger charge is 2.61. The summed E-state index contributed by atoms with van der Waals surface area (Å²) in [5.41, 5.74) is -6.54. The number of aliphatic hydroxyl groups is 5. The van der Waals surface area contributed by atoms with Crippen LogP contribution in [0.25, 0.3) is 0 Å². The summed E-state index contributed by atoms with van der Waals surface area (Å²) in [5.74, 6) is -1.33. The number of carbonyl (C=O) groups is 1. The predicted molar refractivity (Wildman–Crippen MR) is 163 cm³/mol. The van der Waals surface area contributed by atoms with Crippen LogP contribution in [0.15, 0.2) is 43.7 Å². The monoisotopic (exact) mass is 866 g/mol. The molecular weight excluding hydrogens is 836 g/mol. The lowest BCUT2D eigenvalue weighted by atomic mass is 9.98. The number of ether oxygens (including phenoxy) is 2. The molecule has 2 fully saturated rings. The quantitative estimate of drug-likeness (QED) is 0.0785. The van der Waals surface area contributed by atoms with Crippen molar-refractivity contribution in [1.29, 1.82) is 0 Å².